The molecule has 0 saturated carbocycles. The molecular formula is C16H21N3O2. The van der Waals surface area contributed by atoms with Gasteiger partial charge in [-0.1, -0.05) is 0 Å². The molecule has 0 amide bonds. The number of aromatic nitrogens is 1. The van der Waals surface area contributed by atoms with Crippen molar-refractivity contribution in [3.8, 4) is 6.07 Å². The van der Waals surface area contributed by atoms with E-state index < -0.39 is 5.79 Å². The molecule has 1 aliphatic heterocycles. The summed E-state index contributed by atoms with van der Waals surface area (Å²) < 4.78 is 11.2. The minimum atomic E-state index is -0.506. The normalized spacial score (nSPS) is 19.8. The number of hydrogen-bond acceptors (Lipinski definition) is 5. The van der Waals surface area contributed by atoms with Crippen LogP contribution in [-0.4, -0.2) is 30.5 Å². The molecule has 3 rings (SSSR count). The Kier molecular flexibility index (Phi) is 4.09. The Morgan fingerprint density at radius 1 is 1.33 bits per heavy atom. The van der Waals surface area contributed by atoms with Gasteiger partial charge >= 0.3 is 0 Å². The summed E-state index contributed by atoms with van der Waals surface area (Å²) in [6.07, 6.45) is 5.16. The van der Waals surface area contributed by atoms with E-state index >= 15 is 0 Å². The summed E-state index contributed by atoms with van der Waals surface area (Å²) in [7, 11) is 0. The molecule has 2 heterocycles. The van der Waals surface area contributed by atoms with Gasteiger partial charge in [0.25, 0.3) is 0 Å². The first-order valence-electron chi connectivity index (χ1n) is 7.65. The Labute approximate surface area is 125 Å². The Morgan fingerprint density at radius 2 is 2.10 bits per heavy atom. The highest BCUT2D eigenvalue weighted by molar-refractivity contribution is 5.54. The van der Waals surface area contributed by atoms with Crippen LogP contribution in [0, 0.1) is 11.3 Å². The van der Waals surface area contributed by atoms with Gasteiger partial charge in [0, 0.05) is 18.7 Å². The van der Waals surface area contributed by atoms with Crippen molar-refractivity contribution in [1.82, 2.24) is 4.98 Å². The smallest absolute Gasteiger partial charge is 0.167 e. The lowest BCUT2D eigenvalue weighted by Gasteiger charge is -2.23. The van der Waals surface area contributed by atoms with E-state index in [2.05, 4.69) is 16.4 Å². The van der Waals surface area contributed by atoms with Crippen LogP contribution in [0.15, 0.2) is 6.07 Å². The molecule has 1 N–H and O–H groups in total. The van der Waals surface area contributed by atoms with Crippen molar-refractivity contribution in [3.63, 3.8) is 0 Å². The van der Waals surface area contributed by atoms with Crippen molar-refractivity contribution in [1.29, 1.82) is 5.26 Å². The zero-order chi connectivity index (χ0) is 14.7. The maximum atomic E-state index is 9.30. The average molecular weight is 287 g/mol. The van der Waals surface area contributed by atoms with Gasteiger partial charge < -0.3 is 14.8 Å². The van der Waals surface area contributed by atoms with Gasteiger partial charge in [0.05, 0.1) is 18.8 Å². The van der Waals surface area contributed by atoms with Crippen molar-refractivity contribution in [3.05, 3.63) is 22.9 Å². The number of anilines is 1. The van der Waals surface area contributed by atoms with Crippen molar-refractivity contribution in [2.24, 2.45) is 0 Å². The number of nitriles is 1. The third-order valence-electron chi connectivity index (χ3n) is 4.19. The van der Waals surface area contributed by atoms with Crippen LogP contribution in [0.5, 0.6) is 0 Å². The van der Waals surface area contributed by atoms with Crippen LogP contribution in [-0.2, 0) is 22.3 Å². The van der Waals surface area contributed by atoms with E-state index in [1.807, 2.05) is 13.0 Å². The first kappa shape index (κ1) is 14.3. The predicted octanol–water partition coefficient (Wildman–Crippen LogP) is 2.40. The molecule has 2 aliphatic rings. The number of nitrogens with zero attached hydrogens (tertiary/aromatic N) is 2. The molecule has 1 aliphatic carbocycles. The van der Waals surface area contributed by atoms with E-state index in [9.17, 15) is 5.26 Å². The zero-order valence-electron chi connectivity index (χ0n) is 12.4. The van der Waals surface area contributed by atoms with Gasteiger partial charge in [-0.25, -0.2) is 4.98 Å². The van der Waals surface area contributed by atoms with E-state index in [4.69, 9.17) is 9.47 Å². The fourth-order valence-corrected chi connectivity index (χ4v) is 2.96. The topological polar surface area (TPSA) is 67.2 Å². The van der Waals surface area contributed by atoms with Gasteiger partial charge in [-0.3, -0.25) is 0 Å². The second kappa shape index (κ2) is 6.00. The van der Waals surface area contributed by atoms with E-state index in [1.54, 1.807) is 0 Å². The largest absolute Gasteiger partial charge is 0.369 e. The molecule has 1 aromatic rings. The van der Waals surface area contributed by atoms with Crippen molar-refractivity contribution in [2.45, 2.75) is 44.8 Å². The van der Waals surface area contributed by atoms with Gasteiger partial charge in [0.2, 0.25) is 0 Å². The molecule has 1 fully saturated rings. The van der Waals surface area contributed by atoms with Crippen LogP contribution in [0.1, 0.15) is 43.0 Å². The Bertz CT molecular complexity index is 559. The second-order valence-corrected chi connectivity index (χ2v) is 5.82. The van der Waals surface area contributed by atoms with Crippen LogP contribution < -0.4 is 5.32 Å². The molecule has 21 heavy (non-hydrogen) atoms. The Morgan fingerprint density at radius 3 is 2.86 bits per heavy atom. The molecule has 1 saturated heterocycles. The molecule has 0 bridgehead atoms. The first-order chi connectivity index (χ1) is 10.2. The summed E-state index contributed by atoms with van der Waals surface area (Å²) in [5.74, 6) is 0.188. The van der Waals surface area contributed by atoms with E-state index in [0.29, 0.717) is 31.1 Å². The quantitative estimate of drug-likeness (QED) is 0.921. The van der Waals surface area contributed by atoms with Crippen molar-refractivity contribution < 1.29 is 9.47 Å². The Balaban J connectivity index is 1.68. The minimum absolute atomic E-state index is 0.506. The minimum Gasteiger partial charge on any atom is -0.369 e. The maximum Gasteiger partial charge on any atom is 0.167 e. The lowest BCUT2D eigenvalue weighted by Crippen LogP contribution is -2.28. The maximum absolute atomic E-state index is 9.30. The molecule has 0 spiro atoms. The fourth-order valence-electron chi connectivity index (χ4n) is 2.96. The lowest BCUT2D eigenvalue weighted by molar-refractivity contribution is -0.144. The number of rotatable bonds is 4. The van der Waals surface area contributed by atoms with Gasteiger partial charge in [-0.2, -0.15) is 5.26 Å². The van der Waals surface area contributed by atoms with E-state index in [0.717, 1.165) is 25.0 Å². The summed E-state index contributed by atoms with van der Waals surface area (Å²) >= 11 is 0. The number of aryl methyl sites for hydroxylation is 2. The molecular weight excluding hydrogens is 266 g/mol. The molecule has 5 heteroatoms. The molecule has 1 aromatic heterocycles. The molecule has 0 radical (unpaired) electrons. The first-order valence-corrected chi connectivity index (χ1v) is 7.65. The standard InChI is InChI=1S/C16H21N3O2/c1-16(20-8-9-21-16)6-7-18-15-13(11-17)10-12-4-2-3-5-14(12)19-15/h10H,2-9H2,1H3,(H,18,19). The SMILES string of the molecule is CC1(CCNc2nc3c(cc2C#N)CCCC3)OCCO1. The summed E-state index contributed by atoms with van der Waals surface area (Å²) in [5.41, 5.74) is 3.01. The number of fused-ring (bicyclic) bond motifs is 1. The number of hydrogen-bond donors (Lipinski definition) is 1. The van der Waals surface area contributed by atoms with Crippen LogP contribution in [0.3, 0.4) is 0 Å². The number of pyridine rings is 1. The van der Waals surface area contributed by atoms with E-state index in [-0.39, 0.29) is 0 Å². The van der Waals surface area contributed by atoms with Gasteiger partial charge in [-0.15, -0.1) is 0 Å². The molecule has 0 aromatic carbocycles. The van der Waals surface area contributed by atoms with Crippen LogP contribution in [0.2, 0.25) is 0 Å². The zero-order valence-corrected chi connectivity index (χ0v) is 12.4. The highest BCUT2D eigenvalue weighted by Gasteiger charge is 2.30. The Hall–Kier alpha value is -1.64. The molecule has 0 atom stereocenters. The summed E-state index contributed by atoms with van der Waals surface area (Å²) in [5, 5.41) is 12.6. The monoisotopic (exact) mass is 287 g/mol. The number of nitrogens with one attached hydrogen (secondary N) is 1. The third-order valence-corrected chi connectivity index (χ3v) is 4.19. The second-order valence-electron chi connectivity index (χ2n) is 5.82. The van der Waals surface area contributed by atoms with Gasteiger partial charge in [0.15, 0.2) is 5.79 Å². The van der Waals surface area contributed by atoms with Crippen LogP contribution >= 0.6 is 0 Å². The predicted molar refractivity (Wildman–Crippen MR) is 79.0 cm³/mol. The van der Waals surface area contributed by atoms with Crippen LogP contribution in [0.25, 0.3) is 0 Å². The summed E-state index contributed by atoms with van der Waals surface area (Å²) in [6.45, 7) is 3.93. The lowest BCUT2D eigenvalue weighted by atomic mass is 9.95. The third kappa shape index (κ3) is 3.17. The summed E-state index contributed by atoms with van der Waals surface area (Å²) in [4.78, 5) is 4.66. The van der Waals surface area contributed by atoms with Crippen molar-refractivity contribution >= 4 is 5.82 Å². The molecule has 112 valence electrons. The molecule has 0 unspecified atom stereocenters. The van der Waals surface area contributed by atoms with E-state index in [1.165, 1.54) is 18.4 Å². The van der Waals surface area contributed by atoms with Gasteiger partial charge in [-0.05, 0) is 44.2 Å². The number of ether oxygens (including phenoxy) is 2. The fraction of sp³-hybridized carbons (Fsp3) is 0.625. The van der Waals surface area contributed by atoms with Gasteiger partial charge in [0.1, 0.15) is 11.9 Å². The molecule has 5 nitrogen and oxygen atoms in total. The average Bonchev–Trinajstić information content (AvgIpc) is 2.93. The summed E-state index contributed by atoms with van der Waals surface area (Å²) in [6, 6.07) is 4.24. The highest BCUT2D eigenvalue weighted by atomic mass is 16.7. The van der Waals surface area contributed by atoms with Crippen LogP contribution in [0.4, 0.5) is 5.82 Å². The highest BCUT2D eigenvalue weighted by Crippen LogP contribution is 2.26. The van der Waals surface area contributed by atoms with Crippen molar-refractivity contribution in [2.75, 3.05) is 25.1 Å².